The number of nitrogens with one attached hydrogen (secondary N) is 1. The van der Waals surface area contributed by atoms with Crippen molar-refractivity contribution in [3.8, 4) is 0 Å². The molecule has 0 spiro atoms. The number of hydrogen-bond donors (Lipinski definition) is 2. The number of carbonyl (C=O) groups excluding carboxylic acids is 2. The van der Waals surface area contributed by atoms with E-state index in [9.17, 15) is 9.59 Å². The number of halogens is 1. The zero-order valence-electron chi connectivity index (χ0n) is 8.87. The molecule has 1 atom stereocenters. The summed E-state index contributed by atoms with van der Waals surface area (Å²) in [5, 5.41) is 3.12. The predicted molar refractivity (Wildman–Crippen MR) is 62.0 cm³/mol. The summed E-state index contributed by atoms with van der Waals surface area (Å²) < 4.78 is 0. The van der Waals surface area contributed by atoms with Gasteiger partial charge in [-0.1, -0.05) is 23.7 Å². The lowest BCUT2D eigenvalue weighted by atomic mass is 10.1. The van der Waals surface area contributed by atoms with E-state index in [1.165, 1.54) is 0 Å². The highest BCUT2D eigenvalue weighted by Crippen LogP contribution is 2.09. The van der Waals surface area contributed by atoms with Crippen LogP contribution >= 0.6 is 11.6 Å². The Morgan fingerprint density at radius 2 is 1.94 bits per heavy atom. The Labute approximate surface area is 98.8 Å². The van der Waals surface area contributed by atoms with Crippen molar-refractivity contribution in [3.05, 3.63) is 34.9 Å². The number of nitrogens with two attached hydrogens (primary N) is 1. The molecular weight excluding hydrogens is 228 g/mol. The van der Waals surface area contributed by atoms with Crippen LogP contribution in [0.5, 0.6) is 0 Å². The molecule has 0 heterocycles. The quantitative estimate of drug-likeness (QED) is 0.820. The minimum absolute atomic E-state index is 0.203. The average Bonchev–Trinajstić information content (AvgIpc) is 2.21. The molecule has 0 aliphatic carbocycles. The van der Waals surface area contributed by atoms with Crippen molar-refractivity contribution in [1.82, 2.24) is 5.32 Å². The third-order valence-electron chi connectivity index (χ3n) is 2.08. The van der Waals surface area contributed by atoms with Gasteiger partial charge in [-0.25, -0.2) is 0 Å². The number of hydrogen-bond acceptors (Lipinski definition) is 2. The predicted octanol–water partition coefficient (Wildman–Crippen LogP) is 0.873. The van der Waals surface area contributed by atoms with Crippen LogP contribution < -0.4 is 11.1 Å². The molecule has 0 aliphatic rings. The highest BCUT2D eigenvalue weighted by molar-refractivity contribution is 6.30. The first-order valence-electron chi connectivity index (χ1n) is 4.82. The van der Waals surface area contributed by atoms with E-state index in [-0.39, 0.29) is 12.3 Å². The fourth-order valence-electron chi connectivity index (χ4n) is 1.15. The van der Waals surface area contributed by atoms with Gasteiger partial charge in [0, 0.05) is 5.02 Å². The molecule has 0 aliphatic heterocycles. The number of rotatable bonds is 4. The van der Waals surface area contributed by atoms with Crippen molar-refractivity contribution in [3.63, 3.8) is 0 Å². The Morgan fingerprint density at radius 3 is 2.44 bits per heavy atom. The normalized spacial score (nSPS) is 11.9. The second-order valence-corrected chi connectivity index (χ2v) is 3.93. The minimum atomic E-state index is -0.653. The largest absolute Gasteiger partial charge is 0.368 e. The van der Waals surface area contributed by atoms with E-state index in [4.69, 9.17) is 17.3 Å². The molecule has 2 amide bonds. The zero-order valence-corrected chi connectivity index (χ0v) is 9.62. The molecule has 1 rings (SSSR count). The van der Waals surface area contributed by atoms with Crippen molar-refractivity contribution in [2.45, 2.75) is 19.4 Å². The van der Waals surface area contributed by atoms with E-state index in [0.29, 0.717) is 5.02 Å². The smallest absolute Gasteiger partial charge is 0.239 e. The van der Waals surface area contributed by atoms with Gasteiger partial charge in [0.1, 0.15) is 6.04 Å². The van der Waals surface area contributed by atoms with Gasteiger partial charge in [-0.05, 0) is 24.6 Å². The highest BCUT2D eigenvalue weighted by Gasteiger charge is 2.12. The first-order valence-corrected chi connectivity index (χ1v) is 5.20. The van der Waals surface area contributed by atoms with Gasteiger partial charge in [0.05, 0.1) is 6.42 Å². The first kappa shape index (κ1) is 12.5. The number of benzene rings is 1. The van der Waals surface area contributed by atoms with Gasteiger partial charge in [-0.15, -0.1) is 0 Å². The molecule has 0 aromatic heterocycles. The van der Waals surface area contributed by atoms with Crippen molar-refractivity contribution in [1.29, 1.82) is 0 Å². The summed E-state index contributed by atoms with van der Waals surface area (Å²) >= 11 is 5.71. The monoisotopic (exact) mass is 240 g/mol. The second kappa shape index (κ2) is 5.51. The van der Waals surface area contributed by atoms with Crippen LogP contribution in [0.15, 0.2) is 24.3 Å². The van der Waals surface area contributed by atoms with E-state index in [0.717, 1.165) is 5.56 Å². The van der Waals surface area contributed by atoms with Crippen LogP contribution in [0.1, 0.15) is 12.5 Å². The fourth-order valence-corrected chi connectivity index (χ4v) is 1.28. The second-order valence-electron chi connectivity index (χ2n) is 3.49. The molecule has 4 nitrogen and oxygen atoms in total. The molecule has 1 unspecified atom stereocenters. The molecule has 0 saturated carbocycles. The highest BCUT2D eigenvalue weighted by atomic mass is 35.5. The zero-order chi connectivity index (χ0) is 12.1. The maximum absolute atomic E-state index is 11.5. The molecule has 0 fully saturated rings. The van der Waals surface area contributed by atoms with Crippen LogP contribution in [-0.2, 0) is 16.0 Å². The van der Waals surface area contributed by atoms with Crippen molar-refractivity contribution in [2.24, 2.45) is 5.73 Å². The molecule has 3 N–H and O–H groups in total. The Balaban J connectivity index is 2.52. The summed E-state index contributed by atoms with van der Waals surface area (Å²) in [7, 11) is 0. The summed E-state index contributed by atoms with van der Waals surface area (Å²) in [4.78, 5) is 22.2. The third kappa shape index (κ3) is 3.90. The van der Waals surface area contributed by atoms with Crippen LogP contribution in [0.4, 0.5) is 0 Å². The molecule has 16 heavy (non-hydrogen) atoms. The van der Waals surface area contributed by atoms with Crippen LogP contribution in [0.3, 0.4) is 0 Å². The van der Waals surface area contributed by atoms with Crippen LogP contribution in [0.25, 0.3) is 0 Å². The SMILES string of the molecule is CC(NC(=O)Cc1ccc(Cl)cc1)C(N)=O. The average molecular weight is 241 g/mol. The summed E-state index contributed by atoms with van der Waals surface area (Å²) in [6.45, 7) is 1.54. The van der Waals surface area contributed by atoms with Crippen molar-refractivity contribution < 1.29 is 9.59 Å². The molecule has 5 heteroatoms. The van der Waals surface area contributed by atoms with Gasteiger partial charge in [0.2, 0.25) is 11.8 Å². The van der Waals surface area contributed by atoms with Crippen molar-refractivity contribution in [2.75, 3.05) is 0 Å². The third-order valence-corrected chi connectivity index (χ3v) is 2.33. The summed E-state index contributed by atoms with van der Waals surface area (Å²) in [5.74, 6) is -0.793. The standard InChI is InChI=1S/C11H13ClN2O2/c1-7(11(13)16)14-10(15)6-8-2-4-9(12)5-3-8/h2-5,7H,6H2,1H3,(H2,13,16)(H,14,15). The molecule has 1 aromatic carbocycles. The molecule has 0 radical (unpaired) electrons. The lowest BCUT2D eigenvalue weighted by Crippen LogP contribution is -2.42. The van der Waals surface area contributed by atoms with E-state index >= 15 is 0 Å². The fraction of sp³-hybridized carbons (Fsp3) is 0.273. The van der Waals surface area contributed by atoms with E-state index < -0.39 is 11.9 Å². The van der Waals surface area contributed by atoms with E-state index in [1.807, 2.05) is 0 Å². The topological polar surface area (TPSA) is 72.2 Å². The van der Waals surface area contributed by atoms with Crippen molar-refractivity contribution >= 4 is 23.4 Å². The molecule has 1 aromatic rings. The first-order chi connectivity index (χ1) is 7.49. The van der Waals surface area contributed by atoms with Gasteiger partial charge < -0.3 is 11.1 Å². The summed E-state index contributed by atoms with van der Waals surface area (Å²) in [6, 6.07) is 6.29. The Kier molecular flexibility index (Phi) is 4.31. The Bertz CT molecular complexity index is 389. The molecule has 86 valence electrons. The van der Waals surface area contributed by atoms with Gasteiger partial charge in [0.25, 0.3) is 0 Å². The molecular formula is C11H13ClN2O2. The van der Waals surface area contributed by atoms with E-state index in [1.54, 1.807) is 31.2 Å². The summed E-state index contributed by atoms with van der Waals surface area (Å²) in [5.41, 5.74) is 5.86. The number of primary amides is 1. The van der Waals surface area contributed by atoms with Gasteiger partial charge in [0.15, 0.2) is 0 Å². The molecule has 0 saturated heterocycles. The number of carbonyl (C=O) groups is 2. The van der Waals surface area contributed by atoms with Crippen LogP contribution in [-0.4, -0.2) is 17.9 Å². The maximum Gasteiger partial charge on any atom is 0.239 e. The van der Waals surface area contributed by atoms with Gasteiger partial charge >= 0.3 is 0 Å². The van der Waals surface area contributed by atoms with Gasteiger partial charge in [-0.2, -0.15) is 0 Å². The lowest BCUT2D eigenvalue weighted by molar-refractivity contribution is -0.126. The maximum atomic E-state index is 11.5. The Morgan fingerprint density at radius 1 is 1.38 bits per heavy atom. The van der Waals surface area contributed by atoms with E-state index in [2.05, 4.69) is 5.32 Å². The molecule has 0 bridgehead atoms. The lowest BCUT2D eigenvalue weighted by Gasteiger charge is -2.09. The summed E-state index contributed by atoms with van der Waals surface area (Å²) in [6.07, 6.45) is 0.203. The van der Waals surface area contributed by atoms with Crippen LogP contribution in [0.2, 0.25) is 5.02 Å². The van der Waals surface area contributed by atoms with Crippen LogP contribution in [0, 0.1) is 0 Å². The Hall–Kier alpha value is -1.55. The minimum Gasteiger partial charge on any atom is -0.368 e. The number of amides is 2. The van der Waals surface area contributed by atoms with Gasteiger partial charge in [-0.3, -0.25) is 9.59 Å².